The van der Waals surface area contributed by atoms with Crippen LogP contribution in [0.3, 0.4) is 0 Å². The molecule has 0 bridgehead atoms. The Morgan fingerprint density at radius 3 is 2.53 bits per heavy atom. The number of aliphatic carboxylic acids is 1. The first-order chi connectivity index (χ1) is 17.1. The highest BCUT2D eigenvalue weighted by Gasteiger charge is 2.26. The second-order valence-corrected chi connectivity index (χ2v) is 9.09. The molecule has 4 aromatic rings. The van der Waals surface area contributed by atoms with E-state index in [4.69, 9.17) is 9.84 Å². The number of rotatable bonds is 8. The lowest BCUT2D eigenvalue weighted by molar-refractivity contribution is -0.136. The van der Waals surface area contributed by atoms with Gasteiger partial charge in [0.05, 0.1) is 18.7 Å². The number of benzene rings is 4. The Bertz CT molecular complexity index is 1320. The molecule has 2 atom stereocenters. The van der Waals surface area contributed by atoms with Crippen molar-refractivity contribution in [3.8, 4) is 5.75 Å². The first-order valence-electron chi connectivity index (χ1n) is 12.1. The van der Waals surface area contributed by atoms with Crippen LogP contribution in [-0.2, 0) is 11.2 Å². The number of nitrogens with one attached hydrogen (secondary N) is 1. The number of hydrogen-bond acceptors (Lipinski definition) is 4. The maximum absolute atomic E-state index is 11.0. The quantitative estimate of drug-likeness (QED) is 0.287. The van der Waals surface area contributed by atoms with Crippen LogP contribution in [0.2, 0.25) is 0 Å². The van der Waals surface area contributed by atoms with Crippen molar-refractivity contribution in [2.45, 2.75) is 31.9 Å². The molecular formula is C30H31ClN2O3. The molecule has 4 aromatic carbocycles. The number of fused-ring (bicyclic) bond motifs is 2. The average molecular weight is 503 g/mol. The first kappa shape index (κ1) is 25.5. The van der Waals surface area contributed by atoms with Gasteiger partial charge in [0.25, 0.3) is 0 Å². The van der Waals surface area contributed by atoms with Gasteiger partial charge in [-0.1, -0.05) is 66.7 Å². The number of nitrogens with zero attached hydrogens (tertiary/aromatic N) is 1. The van der Waals surface area contributed by atoms with E-state index in [2.05, 4.69) is 65.7 Å². The van der Waals surface area contributed by atoms with Gasteiger partial charge < -0.3 is 20.1 Å². The Hall–Kier alpha value is -3.54. The third kappa shape index (κ3) is 5.64. The van der Waals surface area contributed by atoms with E-state index in [0.29, 0.717) is 0 Å². The monoisotopic (exact) mass is 502 g/mol. The number of carboxylic acid groups (broad SMARTS) is 1. The molecule has 0 spiro atoms. The Morgan fingerprint density at radius 2 is 1.72 bits per heavy atom. The zero-order chi connectivity index (χ0) is 24.2. The van der Waals surface area contributed by atoms with Crippen molar-refractivity contribution in [3.05, 3.63) is 102 Å². The highest BCUT2D eigenvalue weighted by Crippen LogP contribution is 2.38. The van der Waals surface area contributed by atoms with Crippen LogP contribution in [0.1, 0.15) is 30.5 Å². The Kier molecular flexibility index (Phi) is 8.14. The zero-order valence-electron chi connectivity index (χ0n) is 20.3. The molecule has 0 aliphatic carbocycles. The number of ether oxygens (including phenoxy) is 1. The lowest BCUT2D eigenvalue weighted by Crippen LogP contribution is -2.39. The molecule has 6 heteroatoms. The normalized spacial score (nSPS) is 15.5. The Balaban J connectivity index is 0.00000304. The third-order valence-corrected chi connectivity index (χ3v) is 6.65. The predicted octanol–water partition coefficient (Wildman–Crippen LogP) is 6.53. The molecule has 186 valence electrons. The van der Waals surface area contributed by atoms with Crippen molar-refractivity contribution in [3.63, 3.8) is 0 Å². The van der Waals surface area contributed by atoms with Gasteiger partial charge in [0.2, 0.25) is 0 Å². The highest BCUT2D eigenvalue weighted by molar-refractivity contribution is 5.86. The molecule has 0 radical (unpaired) electrons. The maximum Gasteiger partial charge on any atom is 0.307 e. The topological polar surface area (TPSA) is 61.8 Å². The zero-order valence-corrected chi connectivity index (χ0v) is 21.1. The van der Waals surface area contributed by atoms with Crippen molar-refractivity contribution in [1.29, 1.82) is 0 Å². The molecular weight excluding hydrogens is 472 g/mol. The second kappa shape index (κ2) is 11.5. The summed E-state index contributed by atoms with van der Waals surface area (Å²) in [5.41, 5.74) is 4.18. The first-order valence-corrected chi connectivity index (χ1v) is 12.1. The number of carboxylic acids is 1. The van der Waals surface area contributed by atoms with E-state index in [1.54, 1.807) is 0 Å². The van der Waals surface area contributed by atoms with E-state index >= 15 is 0 Å². The summed E-state index contributed by atoms with van der Waals surface area (Å²) in [5, 5.41) is 15.3. The molecule has 1 unspecified atom stereocenters. The SMILES string of the molecule is C[C@@H](NCCC1CN(c2ccc(CC(=O)O)cc2)c2ccccc2O1)c1cccc2ccccc12.Cl. The van der Waals surface area contributed by atoms with Crippen LogP contribution in [0.5, 0.6) is 5.75 Å². The summed E-state index contributed by atoms with van der Waals surface area (Å²) in [4.78, 5) is 13.3. The van der Waals surface area contributed by atoms with Gasteiger partial charge in [-0.15, -0.1) is 12.4 Å². The number of para-hydroxylation sites is 2. The van der Waals surface area contributed by atoms with Crippen LogP contribution >= 0.6 is 12.4 Å². The molecule has 2 N–H and O–H groups in total. The second-order valence-electron chi connectivity index (χ2n) is 9.09. The lowest BCUT2D eigenvalue weighted by Gasteiger charge is -2.36. The van der Waals surface area contributed by atoms with Gasteiger partial charge in [0, 0.05) is 11.7 Å². The number of carbonyl (C=O) groups is 1. The van der Waals surface area contributed by atoms with Gasteiger partial charge in [-0.3, -0.25) is 4.79 Å². The van der Waals surface area contributed by atoms with Crippen molar-refractivity contribution < 1.29 is 14.6 Å². The van der Waals surface area contributed by atoms with Gasteiger partial charge >= 0.3 is 5.97 Å². The fraction of sp³-hybridized carbons (Fsp3) is 0.233. The molecule has 1 aliphatic rings. The predicted molar refractivity (Wildman–Crippen MR) is 148 cm³/mol. The van der Waals surface area contributed by atoms with Crippen LogP contribution in [0.15, 0.2) is 91.0 Å². The van der Waals surface area contributed by atoms with E-state index in [1.165, 1.54) is 16.3 Å². The van der Waals surface area contributed by atoms with Crippen molar-refractivity contribution in [2.24, 2.45) is 0 Å². The highest BCUT2D eigenvalue weighted by atomic mass is 35.5. The van der Waals surface area contributed by atoms with Crippen molar-refractivity contribution >= 4 is 40.5 Å². The molecule has 0 aromatic heterocycles. The van der Waals surface area contributed by atoms with Crippen LogP contribution < -0.4 is 15.0 Å². The molecule has 5 nitrogen and oxygen atoms in total. The molecule has 0 amide bonds. The van der Waals surface area contributed by atoms with Gasteiger partial charge in [0.1, 0.15) is 11.9 Å². The molecule has 1 heterocycles. The summed E-state index contributed by atoms with van der Waals surface area (Å²) >= 11 is 0. The summed E-state index contributed by atoms with van der Waals surface area (Å²) in [6, 6.07) is 31.1. The van der Waals surface area contributed by atoms with Crippen LogP contribution in [-0.4, -0.2) is 30.3 Å². The smallest absolute Gasteiger partial charge is 0.307 e. The minimum Gasteiger partial charge on any atom is -0.486 e. The van der Waals surface area contributed by atoms with Crippen molar-refractivity contribution in [2.75, 3.05) is 18.0 Å². The molecule has 5 rings (SSSR count). The number of halogens is 1. The van der Waals surface area contributed by atoms with Gasteiger partial charge in [0.15, 0.2) is 0 Å². The molecule has 36 heavy (non-hydrogen) atoms. The minimum absolute atomic E-state index is 0. The maximum atomic E-state index is 11.0. The largest absolute Gasteiger partial charge is 0.486 e. The fourth-order valence-corrected chi connectivity index (χ4v) is 4.86. The lowest BCUT2D eigenvalue weighted by atomic mass is 9.99. The summed E-state index contributed by atoms with van der Waals surface area (Å²) in [6.45, 7) is 3.78. The fourth-order valence-electron chi connectivity index (χ4n) is 4.86. The molecule has 1 aliphatic heterocycles. The summed E-state index contributed by atoms with van der Waals surface area (Å²) in [7, 11) is 0. The van der Waals surface area contributed by atoms with E-state index in [0.717, 1.165) is 42.2 Å². The van der Waals surface area contributed by atoms with Crippen molar-refractivity contribution in [1.82, 2.24) is 5.32 Å². The van der Waals surface area contributed by atoms with E-state index < -0.39 is 5.97 Å². The van der Waals surface area contributed by atoms with Gasteiger partial charge in [-0.2, -0.15) is 0 Å². The van der Waals surface area contributed by atoms with Crippen LogP contribution in [0.4, 0.5) is 11.4 Å². The number of anilines is 2. The Morgan fingerprint density at radius 1 is 1.00 bits per heavy atom. The van der Waals surface area contributed by atoms with E-state index in [-0.39, 0.29) is 31.0 Å². The summed E-state index contributed by atoms with van der Waals surface area (Å²) in [5.74, 6) is 0.0558. The minimum atomic E-state index is -0.820. The van der Waals surface area contributed by atoms with Gasteiger partial charge in [-0.05, 0) is 66.1 Å². The standard InChI is InChI=1S/C30H30N2O3.ClH/c1-21(26-10-6-8-23-7-2-3-9-27(23)26)31-18-17-25-20-32(28-11-4-5-12-29(28)35-25)24-15-13-22(14-16-24)19-30(33)34;/h2-16,21,25,31H,17-20H2,1H3,(H,33,34);1H/t21-,25?;/m1./s1. The van der Waals surface area contributed by atoms with E-state index in [1.807, 2.05) is 42.5 Å². The number of hydrogen-bond donors (Lipinski definition) is 2. The Labute approximate surface area is 218 Å². The molecule has 0 saturated carbocycles. The van der Waals surface area contributed by atoms with E-state index in [9.17, 15) is 4.79 Å². The van der Waals surface area contributed by atoms with Gasteiger partial charge in [-0.25, -0.2) is 0 Å². The molecule has 0 fully saturated rings. The average Bonchev–Trinajstić information content (AvgIpc) is 2.88. The van der Waals surface area contributed by atoms with Crippen LogP contribution in [0, 0.1) is 0 Å². The molecule has 0 saturated heterocycles. The summed E-state index contributed by atoms with van der Waals surface area (Å²) < 4.78 is 6.36. The summed E-state index contributed by atoms with van der Waals surface area (Å²) in [6.07, 6.45) is 0.941. The third-order valence-electron chi connectivity index (χ3n) is 6.65. The van der Waals surface area contributed by atoms with Crippen LogP contribution in [0.25, 0.3) is 10.8 Å².